The van der Waals surface area contributed by atoms with Gasteiger partial charge in [0, 0.05) is 43.9 Å². The predicted molar refractivity (Wildman–Crippen MR) is 116 cm³/mol. The maximum absolute atomic E-state index is 11.2. The molecule has 0 bridgehead atoms. The standard InChI is InChI=1S/C21H19N5O2S/c1-24(2)16-10-8-15(9-11-16)14-29-21-23-19-7-4-12-22-20(19)25(21)17-5-3-6-18(13-17)26(27)28/h3-13H,14H2,1-2H3. The van der Waals surface area contributed by atoms with E-state index >= 15 is 0 Å². The maximum atomic E-state index is 11.2. The van der Waals surface area contributed by atoms with Gasteiger partial charge in [0.2, 0.25) is 0 Å². The molecule has 7 nitrogen and oxygen atoms in total. The number of anilines is 1. The molecule has 0 aliphatic rings. The molecule has 0 atom stereocenters. The Bertz CT molecular complexity index is 1170. The van der Waals surface area contributed by atoms with E-state index < -0.39 is 4.92 Å². The van der Waals surface area contributed by atoms with E-state index in [1.807, 2.05) is 36.9 Å². The number of fused-ring (bicyclic) bond motifs is 1. The summed E-state index contributed by atoms with van der Waals surface area (Å²) in [7, 11) is 4.02. The molecule has 2 aromatic carbocycles. The third kappa shape index (κ3) is 3.93. The van der Waals surface area contributed by atoms with Crippen LogP contribution in [0.2, 0.25) is 0 Å². The van der Waals surface area contributed by atoms with E-state index in [2.05, 4.69) is 34.1 Å². The molecule has 4 aromatic rings. The molecule has 0 saturated heterocycles. The van der Waals surface area contributed by atoms with Gasteiger partial charge in [-0.15, -0.1) is 0 Å². The Morgan fingerprint density at radius 3 is 2.62 bits per heavy atom. The van der Waals surface area contributed by atoms with E-state index in [1.165, 1.54) is 11.6 Å². The molecule has 0 aliphatic heterocycles. The lowest BCUT2D eigenvalue weighted by Gasteiger charge is -2.12. The van der Waals surface area contributed by atoms with Gasteiger partial charge in [-0.05, 0) is 35.9 Å². The fourth-order valence-electron chi connectivity index (χ4n) is 3.01. The second kappa shape index (κ2) is 7.92. The largest absolute Gasteiger partial charge is 0.378 e. The normalized spacial score (nSPS) is 11.0. The summed E-state index contributed by atoms with van der Waals surface area (Å²) >= 11 is 1.58. The summed E-state index contributed by atoms with van der Waals surface area (Å²) < 4.78 is 1.88. The zero-order valence-electron chi connectivity index (χ0n) is 16.0. The molecule has 0 spiro atoms. The number of benzene rings is 2. The van der Waals surface area contributed by atoms with Crippen LogP contribution in [-0.2, 0) is 5.75 Å². The van der Waals surface area contributed by atoms with Crippen LogP contribution < -0.4 is 4.90 Å². The first-order chi connectivity index (χ1) is 14.0. The highest BCUT2D eigenvalue weighted by Crippen LogP contribution is 2.30. The first kappa shape index (κ1) is 18.9. The minimum atomic E-state index is -0.394. The van der Waals surface area contributed by atoms with Crippen LogP contribution in [-0.4, -0.2) is 33.6 Å². The summed E-state index contributed by atoms with van der Waals surface area (Å²) in [5, 5.41) is 12.0. The summed E-state index contributed by atoms with van der Waals surface area (Å²) in [4.78, 5) is 22.0. The first-order valence-corrected chi connectivity index (χ1v) is 9.99. The van der Waals surface area contributed by atoms with Crippen molar-refractivity contribution in [3.05, 3.63) is 82.5 Å². The number of rotatable bonds is 6. The molecule has 4 rings (SSSR count). The average molecular weight is 405 g/mol. The zero-order chi connectivity index (χ0) is 20.4. The van der Waals surface area contributed by atoms with Gasteiger partial charge in [-0.25, -0.2) is 9.97 Å². The molecule has 2 aromatic heterocycles. The van der Waals surface area contributed by atoms with E-state index in [0.29, 0.717) is 11.3 Å². The first-order valence-electron chi connectivity index (χ1n) is 9.00. The Kier molecular flexibility index (Phi) is 5.18. The molecular formula is C21H19N5O2S. The lowest BCUT2D eigenvalue weighted by Crippen LogP contribution is -2.08. The van der Waals surface area contributed by atoms with Gasteiger partial charge in [0.05, 0.1) is 10.6 Å². The number of nitrogens with zero attached hydrogens (tertiary/aromatic N) is 5. The number of thioether (sulfide) groups is 1. The van der Waals surface area contributed by atoms with Gasteiger partial charge in [0.25, 0.3) is 5.69 Å². The zero-order valence-corrected chi connectivity index (χ0v) is 16.8. The third-order valence-electron chi connectivity index (χ3n) is 4.50. The van der Waals surface area contributed by atoms with Crippen LogP contribution >= 0.6 is 11.8 Å². The van der Waals surface area contributed by atoms with Crippen molar-refractivity contribution in [3.8, 4) is 5.69 Å². The summed E-state index contributed by atoms with van der Waals surface area (Å²) in [6, 6.07) is 18.6. The number of hydrogen-bond donors (Lipinski definition) is 0. The van der Waals surface area contributed by atoms with Crippen LogP contribution in [0.4, 0.5) is 11.4 Å². The molecule has 0 radical (unpaired) electrons. The van der Waals surface area contributed by atoms with Gasteiger partial charge in [-0.1, -0.05) is 30.0 Å². The second-order valence-corrected chi connectivity index (χ2v) is 7.64. The Labute approximate surface area is 172 Å². The van der Waals surface area contributed by atoms with E-state index in [9.17, 15) is 10.1 Å². The summed E-state index contributed by atoms with van der Waals surface area (Å²) in [6.45, 7) is 0. The van der Waals surface area contributed by atoms with E-state index in [1.54, 1.807) is 30.1 Å². The van der Waals surface area contributed by atoms with E-state index in [0.717, 1.165) is 22.1 Å². The number of nitro benzene ring substituents is 1. The van der Waals surface area contributed by atoms with Gasteiger partial charge < -0.3 is 4.90 Å². The van der Waals surface area contributed by atoms with Gasteiger partial charge in [-0.2, -0.15) is 0 Å². The van der Waals surface area contributed by atoms with Crippen molar-refractivity contribution < 1.29 is 4.92 Å². The predicted octanol–water partition coefficient (Wildman–Crippen LogP) is 4.69. The molecule has 0 aliphatic carbocycles. The number of pyridine rings is 1. The average Bonchev–Trinajstić information content (AvgIpc) is 3.11. The van der Waals surface area contributed by atoms with Crippen molar-refractivity contribution in [2.24, 2.45) is 0 Å². The van der Waals surface area contributed by atoms with Crippen LogP contribution in [0.25, 0.3) is 16.9 Å². The quantitative estimate of drug-likeness (QED) is 0.263. The summed E-state index contributed by atoms with van der Waals surface area (Å²) in [6.07, 6.45) is 1.70. The van der Waals surface area contributed by atoms with Crippen molar-refractivity contribution in [2.75, 3.05) is 19.0 Å². The van der Waals surface area contributed by atoms with Gasteiger partial charge >= 0.3 is 0 Å². The monoisotopic (exact) mass is 405 g/mol. The van der Waals surface area contributed by atoms with Crippen LogP contribution in [0.3, 0.4) is 0 Å². The van der Waals surface area contributed by atoms with Gasteiger partial charge in [0.15, 0.2) is 10.8 Å². The Balaban J connectivity index is 1.70. The lowest BCUT2D eigenvalue weighted by molar-refractivity contribution is -0.384. The van der Waals surface area contributed by atoms with Crippen molar-refractivity contribution in [1.29, 1.82) is 0 Å². The highest BCUT2D eigenvalue weighted by molar-refractivity contribution is 7.98. The van der Waals surface area contributed by atoms with Crippen LogP contribution in [0, 0.1) is 10.1 Å². The Morgan fingerprint density at radius 1 is 1.10 bits per heavy atom. The molecule has 2 heterocycles. The molecule has 0 N–H and O–H groups in total. The van der Waals surface area contributed by atoms with Crippen LogP contribution in [0.5, 0.6) is 0 Å². The number of non-ortho nitro benzene ring substituents is 1. The molecule has 0 amide bonds. The number of aromatic nitrogens is 3. The van der Waals surface area contributed by atoms with E-state index in [4.69, 9.17) is 4.98 Å². The Hall–Kier alpha value is -3.39. The topological polar surface area (TPSA) is 77.1 Å². The van der Waals surface area contributed by atoms with Crippen molar-refractivity contribution in [3.63, 3.8) is 0 Å². The highest BCUT2D eigenvalue weighted by Gasteiger charge is 2.16. The minimum absolute atomic E-state index is 0.0375. The minimum Gasteiger partial charge on any atom is -0.378 e. The molecule has 0 saturated carbocycles. The van der Waals surface area contributed by atoms with Crippen molar-refractivity contribution in [1.82, 2.24) is 14.5 Å². The maximum Gasteiger partial charge on any atom is 0.271 e. The fraction of sp³-hybridized carbons (Fsp3) is 0.143. The summed E-state index contributed by atoms with van der Waals surface area (Å²) in [5.74, 6) is 0.728. The number of nitro groups is 1. The van der Waals surface area contributed by atoms with Gasteiger partial charge in [-0.3, -0.25) is 14.7 Å². The second-order valence-electron chi connectivity index (χ2n) is 6.70. The molecule has 0 fully saturated rings. The smallest absolute Gasteiger partial charge is 0.271 e. The van der Waals surface area contributed by atoms with E-state index in [-0.39, 0.29) is 5.69 Å². The van der Waals surface area contributed by atoms with Crippen molar-refractivity contribution in [2.45, 2.75) is 10.9 Å². The molecular weight excluding hydrogens is 386 g/mol. The molecule has 29 heavy (non-hydrogen) atoms. The fourth-order valence-corrected chi connectivity index (χ4v) is 3.98. The Morgan fingerprint density at radius 2 is 1.90 bits per heavy atom. The summed E-state index contributed by atoms with van der Waals surface area (Å²) in [5.41, 5.74) is 4.46. The highest BCUT2D eigenvalue weighted by atomic mass is 32.2. The molecule has 0 unspecified atom stereocenters. The molecule has 8 heteroatoms. The third-order valence-corrected chi connectivity index (χ3v) is 5.51. The number of imidazole rings is 1. The van der Waals surface area contributed by atoms with Crippen LogP contribution in [0.15, 0.2) is 72.0 Å². The lowest BCUT2D eigenvalue weighted by atomic mass is 10.2. The van der Waals surface area contributed by atoms with Crippen LogP contribution in [0.1, 0.15) is 5.56 Å². The van der Waals surface area contributed by atoms with Gasteiger partial charge in [0.1, 0.15) is 5.52 Å². The molecule has 146 valence electrons. The van der Waals surface area contributed by atoms with Crippen molar-refractivity contribution >= 4 is 34.3 Å². The SMILES string of the molecule is CN(C)c1ccc(CSc2nc3cccnc3n2-c2cccc([N+](=O)[O-])c2)cc1. The number of hydrogen-bond acceptors (Lipinski definition) is 6.